The zero-order valence-corrected chi connectivity index (χ0v) is 23.2. The summed E-state index contributed by atoms with van der Waals surface area (Å²) in [5.74, 6) is -2.19. The van der Waals surface area contributed by atoms with Gasteiger partial charge < -0.3 is 21.1 Å². The van der Waals surface area contributed by atoms with Crippen molar-refractivity contribution >= 4 is 23.6 Å². The lowest BCUT2D eigenvalue weighted by molar-refractivity contribution is -0.192. The monoisotopic (exact) mass is 567 g/mol. The number of carbonyl (C=O) groups excluding carboxylic acids is 3. The van der Waals surface area contributed by atoms with Gasteiger partial charge in [0, 0.05) is 30.5 Å². The highest BCUT2D eigenvalue weighted by Crippen LogP contribution is 2.46. The van der Waals surface area contributed by atoms with Crippen LogP contribution in [0.15, 0.2) is 24.3 Å². The number of carbonyl (C=O) groups is 4. The van der Waals surface area contributed by atoms with Crippen molar-refractivity contribution in [3.05, 3.63) is 35.4 Å². The SMILES string of the molecule is CC(C)(N)C(=O)N[C@H](CCC1CCCCC1)C(=O)N1CCC2(CC1)CC(=O)c1ccccc12.O=C(O)C(F)(F)F. The zero-order chi connectivity index (χ0) is 29.7. The van der Waals surface area contributed by atoms with E-state index in [2.05, 4.69) is 11.4 Å². The first-order valence-corrected chi connectivity index (χ1v) is 14.0. The molecule has 1 atom stereocenters. The second-order valence-corrected chi connectivity index (χ2v) is 11.9. The number of aliphatic carboxylic acids is 1. The maximum absolute atomic E-state index is 13.6. The molecule has 3 aliphatic rings. The Morgan fingerprint density at radius 3 is 2.23 bits per heavy atom. The molecule has 1 aromatic rings. The third-order valence-corrected chi connectivity index (χ3v) is 8.35. The van der Waals surface area contributed by atoms with Crippen LogP contribution in [0.5, 0.6) is 0 Å². The van der Waals surface area contributed by atoms with Gasteiger partial charge in [-0.15, -0.1) is 0 Å². The van der Waals surface area contributed by atoms with Gasteiger partial charge in [-0.25, -0.2) is 4.79 Å². The highest BCUT2D eigenvalue weighted by atomic mass is 19.4. The largest absolute Gasteiger partial charge is 0.490 e. The molecule has 1 saturated heterocycles. The minimum Gasteiger partial charge on any atom is -0.475 e. The summed E-state index contributed by atoms with van der Waals surface area (Å²) in [6.07, 6.45) is 4.92. The molecule has 2 fully saturated rings. The van der Waals surface area contributed by atoms with Crippen molar-refractivity contribution in [2.75, 3.05) is 13.1 Å². The van der Waals surface area contributed by atoms with Crippen molar-refractivity contribution < 1.29 is 37.5 Å². The van der Waals surface area contributed by atoms with Crippen molar-refractivity contribution in [1.82, 2.24) is 10.2 Å². The van der Waals surface area contributed by atoms with Crippen LogP contribution in [0.2, 0.25) is 0 Å². The molecule has 2 amide bonds. The summed E-state index contributed by atoms with van der Waals surface area (Å²) in [5.41, 5.74) is 6.83. The molecule has 0 aromatic heterocycles. The van der Waals surface area contributed by atoms with Crippen molar-refractivity contribution in [3.63, 3.8) is 0 Å². The lowest BCUT2D eigenvalue weighted by Crippen LogP contribution is -2.57. The van der Waals surface area contributed by atoms with E-state index in [1.807, 2.05) is 23.1 Å². The first-order chi connectivity index (χ1) is 18.6. The van der Waals surface area contributed by atoms with Crippen molar-refractivity contribution in [3.8, 4) is 0 Å². The number of ketones is 1. The molecule has 11 heteroatoms. The Balaban J connectivity index is 0.000000559. The minimum absolute atomic E-state index is 0.00383. The molecule has 4 rings (SSSR count). The molecule has 1 aliphatic heterocycles. The quantitative estimate of drug-likeness (QED) is 0.469. The maximum Gasteiger partial charge on any atom is 0.490 e. The summed E-state index contributed by atoms with van der Waals surface area (Å²) >= 11 is 0. The molecule has 2 aliphatic carbocycles. The highest BCUT2D eigenvalue weighted by Gasteiger charge is 2.46. The molecule has 0 bridgehead atoms. The number of alkyl halides is 3. The number of hydrogen-bond acceptors (Lipinski definition) is 5. The molecular formula is C29H40F3N3O5. The Hall–Kier alpha value is -2.95. The van der Waals surface area contributed by atoms with Crippen LogP contribution in [0.4, 0.5) is 13.2 Å². The van der Waals surface area contributed by atoms with Crippen LogP contribution < -0.4 is 11.1 Å². The van der Waals surface area contributed by atoms with Gasteiger partial charge in [-0.1, -0.05) is 56.4 Å². The summed E-state index contributed by atoms with van der Waals surface area (Å²) < 4.78 is 31.7. The van der Waals surface area contributed by atoms with Gasteiger partial charge in [0.05, 0.1) is 5.54 Å². The molecule has 222 valence electrons. The Labute approximate surface area is 232 Å². The topological polar surface area (TPSA) is 130 Å². The van der Waals surface area contributed by atoms with Crippen LogP contribution in [0.3, 0.4) is 0 Å². The van der Waals surface area contributed by atoms with Crippen LogP contribution in [-0.4, -0.2) is 64.4 Å². The van der Waals surface area contributed by atoms with Gasteiger partial charge in [0.25, 0.3) is 0 Å². The van der Waals surface area contributed by atoms with E-state index in [0.717, 1.165) is 30.4 Å². The van der Waals surface area contributed by atoms with Crippen LogP contribution in [0, 0.1) is 5.92 Å². The lowest BCUT2D eigenvalue weighted by atomic mass is 9.73. The van der Waals surface area contributed by atoms with E-state index in [-0.39, 0.29) is 23.0 Å². The summed E-state index contributed by atoms with van der Waals surface area (Å²) in [6, 6.07) is 7.40. The molecular weight excluding hydrogens is 527 g/mol. The highest BCUT2D eigenvalue weighted by molar-refractivity contribution is 6.02. The number of carboxylic acid groups (broad SMARTS) is 1. The van der Waals surface area contributed by atoms with Crippen LogP contribution in [-0.2, 0) is 19.8 Å². The zero-order valence-electron chi connectivity index (χ0n) is 23.2. The Bertz CT molecular complexity index is 1090. The van der Waals surface area contributed by atoms with Gasteiger partial charge >= 0.3 is 12.1 Å². The Kier molecular flexibility index (Phi) is 10.0. The van der Waals surface area contributed by atoms with Gasteiger partial charge in [0.1, 0.15) is 6.04 Å². The number of piperidine rings is 1. The van der Waals surface area contributed by atoms with Crippen LogP contribution in [0.1, 0.15) is 94.0 Å². The summed E-state index contributed by atoms with van der Waals surface area (Å²) in [5, 5.41) is 10.1. The fourth-order valence-corrected chi connectivity index (χ4v) is 5.99. The standard InChI is InChI=1S/C27H39N3O3.C2HF3O2/c1-26(2,28)25(33)29-22(13-12-19-8-4-3-5-9-19)24(32)30-16-14-27(15-17-30)18-23(31)20-10-6-7-11-21(20)27;3-2(4,5)1(6)7/h6-7,10-11,19,22H,3-5,8-9,12-18,28H2,1-2H3,(H,29,33);(H,6,7)/t22-;/m1./s1. The van der Waals surface area contributed by atoms with E-state index < -0.39 is 23.7 Å². The fourth-order valence-electron chi connectivity index (χ4n) is 5.99. The number of amides is 2. The first-order valence-electron chi connectivity index (χ1n) is 14.0. The number of nitrogens with two attached hydrogens (primary N) is 1. The minimum atomic E-state index is -5.08. The molecule has 4 N–H and O–H groups in total. The maximum atomic E-state index is 13.6. The summed E-state index contributed by atoms with van der Waals surface area (Å²) in [7, 11) is 0. The Morgan fingerprint density at radius 2 is 1.68 bits per heavy atom. The molecule has 40 heavy (non-hydrogen) atoms. The van der Waals surface area contributed by atoms with E-state index in [1.54, 1.807) is 13.8 Å². The molecule has 0 radical (unpaired) electrons. The van der Waals surface area contributed by atoms with Crippen LogP contribution >= 0.6 is 0 Å². The van der Waals surface area contributed by atoms with Crippen molar-refractivity contribution in [1.29, 1.82) is 0 Å². The second-order valence-electron chi connectivity index (χ2n) is 11.9. The Morgan fingerprint density at radius 1 is 1.10 bits per heavy atom. The number of carboxylic acids is 1. The van der Waals surface area contributed by atoms with Gasteiger partial charge in [0.15, 0.2) is 5.78 Å². The molecule has 0 unspecified atom stereocenters. The van der Waals surface area contributed by atoms with Crippen molar-refractivity contribution in [2.45, 2.75) is 101 Å². The molecule has 1 saturated carbocycles. The van der Waals surface area contributed by atoms with E-state index >= 15 is 0 Å². The number of fused-ring (bicyclic) bond motifs is 2. The third-order valence-electron chi connectivity index (χ3n) is 8.35. The summed E-state index contributed by atoms with van der Waals surface area (Å²) in [4.78, 5) is 49.6. The number of halogens is 3. The number of hydrogen-bond donors (Lipinski definition) is 3. The lowest BCUT2D eigenvalue weighted by Gasteiger charge is -2.41. The van der Waals surface area contributed by atoms with E-state index in [9.17, 15) is 27.6 Å². The van der Waals surface area contributed by atoms with E-state index in [0.29, 0.717) is 31.8 Å². The number of benzene rings is 1. The van der Waals surface area contributed by atoms with Gasteiger partial charge in [0.2, 0.25) is 11.8 Å². The van der Waals surface area contributed by atoms with Gasteiger partial charge in [-0.2, -0.15) is 13.2 Å². The number of likely N-dealkylation sites (tertiary alicyclic amines) is 1. The average Bonchev–Trinajstić information content (AvgIpc) is 3.17. The van der Waals surface area contributed by atoms with Gasteiger partial charge in [-0.3, -0.25) is 14.4 Å². The second kappa shape index (κ2) is 12.7. The van der Waals surface area contributed by atoms with Crippen molar-refractivity contribution in [2.24, 2.45) is 11.7 Å². The molecule has 8 nitrogen and oxygen atoms in total. The fraction of sp³-hybridized carbons (Fsp3) is 0.655. The van der Waals surface area contributed by atoms with Gasteiger partial charge in [-0.05, 0) is 51.0 Å². The predicted octanol–water partition coefficient (Wildman–Crippen LogP) is 4.35. The molecule has 1 heterocycles. The molecule has 1 spiro atoms. The summed E-state index contributed by atoms with van der Waals surface area (Å²) in [6.45, 7) is 4.57. The number of nitrogens with one attached hydrogen (secondary N) is 1. The third kappa shape index (κ3) is 7.83. The normalized spacial score (nSPS) is 19.9. The predicted molar refractivity (Wildman–Crippen MR) is 143 cm³/mol. The number of nitrogens with zero attached hydrogens (tertiary/aromatic N) is 1. The first kappa shape index (κ1) is 31.6. The smallest absolute Gasteiger partial charge is 0.475 e. The molecule has 1 aromatic carbocycles. The van der Waals surface area contributed by atoms with Crippen LogP contribution in [0.25, 0.3) is 0 Å². The number of rotatable bonds is 6. The van der Waals surface area contributed by atoms with E-state index in [1.165, 1.54) is 32.1 Å². The van der Waals surface area contributed by atoms with E-state index in [4.69, 9.17) is 15.6 Å². The number of Topliss-reactive ketones (excluding diaryl/α,β-unsaturated/α-hetero) is 1. The average molecular weight is 568 g/mol.